The highest BCUT2D eigenvalue weighted by Gasteiger charge is 2.13. The summed E-state index contributed by atoms with van der Waals surface area (Å²) in [6.45, 7) is 3.19. The molecule has 0 atom stereocenters. The molecule has 1 N–H and O–H groups in total. The molecule has 0 aliphatic heterocycles. The lowest BCUT2D eigenvalue weighted by Crippen LogP contribution is -2.28. The first-order chi connectivity index (χ1) is 11.6. The van der Waals surface area contributed by atoms with Gasteiger partial charge in [0.05, 0.1) is 11.5 Å². The highest BCUT2D eigenvalue weighted by molar-refractivity contribution is 7.89. The Bertz CT molecular complexity index is 700. The second-order valence-electron chi connectivity index (χ2n) is 5.23. The lowest BCUT2D eigenvalue weighted by molar-refractivity contribution is 0.309. The van der Waals surface area contributed by atoms with Gasteiger partial charge >= 0.3 is 0 Å². The second-order valence-corrected chi connectivity index (χ2v) is 7.00. The zero-order chi connectivity index (χ0) is 17.3. The number of sulfonamides is 1. The van der Waals surface area contributed by atoms with Gasteiger partial charge in [-0.05, 0) is 42.8 Å². The summed E-state index contributed by atoms with van der Waals surface area (Å²) in [4.78, 5) is 0.213. The molecule has 0 saturated heterocycles. The summed E-state index contributed by atoms with van der Waals surface area (Å²) in [5.41, 5.74) is 0. The first-order valence-electron chi connectivity index (χ1n) is 8.02. The van der Waals surface area contributed by atoms with E-state index in [1.165, 1.54) is 0 Å². The van der Waals surface area contributed by atoms with Crippen molar-refractivity contribution < 1.29 is 17.9 Å². The third-order valence-corrected chi connectivity index (χ3v) is 4.78. The van der Waals surface area contributed by atoms with Crippen molar-refractivity contribution in [1.29, 1.82) is 0 Å². The van der Waals surface area contributed by atoms with E-state index >= 15 is 0 Å². The molecular weight excluding hydrogens is 326 g/mol. The average Bonchev–Trinajstić information content (AvgIpc) is 2.60. The molecule has 0 bridgehead atoms. The van der Waals surface area contributed by atoms with Crippen LogP contribution in [0, 0.1) is 0 Å². The Morgan fingerprint density at radius 2 is 1.50 bits per heavy atom. The SMILES string of the molecule is CCCCOc1ccc(S(=O)(=O)NCCOc2ccccc2)cc1. The van der Waals surface area contributed by atoms with Crippen molar-refractivity contribution in [2.75, 3.05) is 19.8 Å². The average molecular weight is 349 g/mol. The predicted molar refractivity (Wildman–Crippen MR) is 94.0 cm³/mol. The van der Waals surface area contributed by atoms with Crippen molar-refractivity contribution in [2.45, 2.75) is 24.7 Å². The van der Waals surface area contributed by atoms with E-state index in [1.807, 2.05) is 30.3 Å². The maximum absolute atomic E-state index is 12.2. The molecule has 130 valence electrons. The fraction of sp³-hybridized carbons (Fsp3) is 0.333. The van der Waals surface area contributed by atoms with Crippen LogP contribution in [0.15, 0.2) is 59.5 Å². The Balaban J connectivity index is 1.81. The standard InChI is InChI=1S/C18H23NO4S/c1-2-3-14-22-17-9-11-18(12-10-17)24(20,21)19-13-15-23-16-7-5-4-6-8-16/h4-12,19H,2-3,13-15H2,1H3. The quantitative estimate of drug-likeness (QED) is 0.669. The van der Waals surface area contributed by atoms with Crippen LogP contribution in [0.3, 0.4) is 0 Å². The van der Waals surface area contributed by atoms with E-state index in [0.717, 1.165) is 12.8 Å². The van der Waals surface area contributed by atoms with Gasteiger partial charge in [-0.15, -0.1) is 0 Å². The molecule has 2 aromatic carbocycles. The number of hydrogen-bond acceptors (Lipinski definition) is 4. The second kappa shape index (κ2) is 9.30. The minimum absolute atomic E-state index is 0.200. The smallest absolute Gasteiger partial charge is 0.240 e. The van der Waals surface area contributed by atoms with Crippen molar-refractivity contribution in [3.8, 4) is 11.5 Å². The molecule has 0 spiro atoms. The van der Waals surface area contributed by atoms with Crippen LogP contribution >= 0.6 is 0 Å². The molecule has 0 aliphatic rings. The van der Waals surface area contributed by atoms with Gasteiger partial charge in [-0.3, -0.25) is 0 Å². The van der Waals surface area contributed by atoms with E-state index in [4.69, 9.17) is 9.47 Å². The molecule has 2 rings (SSSR count). The number of unbranched alkanes of at least 4 members (excludes halogenated alkanes) is 1. The fourth-order valence-corrected chi connectivity index (χ4v) is 3.01. The number of hydrogen-bond donors (Lipinski definition) is 1. The van der Waals surface area contributed by atoms with E-state index in [-0.39, 0.29) is 18.0 Å². The van der Waals surface area contributed by atoms with Gasteiger partial charge in [0.25, 0.3) is 0 Å². The maximum Gasteiger partial charge on any atom is 0.240 e. The minimum atomic E-state index is -3.54. The number of benzene rings is 2. The number of rotatable bonds is 10. The van der Waals surface area contributed by atoms with E-state index in [0.29, 0.717) is 18.1 Å². The Morgan fingerprint density at radius 3 is 2.17 bits per heavy atom. The Kier molecular flexibility index (Phi) is 7.08. The van der Waals surface area contributed by atoms with Crippen molar-refractivity contribution in [1.82, 2.24) is 4.72 Å². The zero-order valence-electron chi connectivity index (χ0n) is 13.8. The van der Waals surface area contributed by atoms with Gasteiger partial charge in [0, 0.05) is 6.54 Å². The fourth-order valence-electron chi connectivity index (χ4n) is 1.99. The van der Waals surface area contributed by atoms with Crippen molar-refractivity contribution in [3.63, 3.8) is 0 Å². The summed E-state index contributed by atoms with van der Waals surface area (Å²) >= 11 is 0. The van der Waals surface area contributed by atoms with Crippen LogP contribution in [0.1, 0.15) is 19.8 Å². The molecule has 0 unspecified atom stereocenters. The van der Waals surface area contributed by atoms with E-state index in [1.54, 1.807) is 24.3 Å². The van der Waals surface area contributed by atoms with Gasteiger partial charge in [0.2, 0.25) is 10.0 Å². The molecule has 0 amide bonds. The summed E-state index contributed by atoms with van der Waals surface area (Å²) in [5.74, 6) is 1.39. The van der Waals surface area contributed by atoms with E-state index in [9.17, 15) is 8.42 Å². The van der Waals surface area contributed by atoms with Gasteiger partial charge in [-0.2, -0.15) is 0 Å². The lowest BCUT2D eigenvalue weighted by atomic mass is 10.3. The summed E-state index contributed by atoms with van der Waals surface area (Å²) in [6, 6.07) is 15.7. The normalized spacial score (nSPS) is 11.2. The van der Waals surface area contributed by atoms with E-state index in [2.05, 4.69) is 11.6 Å². The van der Waals surface area contributed by atoms with Crippen LogP contribution in [-0.4, -0.2) is 28.2 Å². The lowest BCUT2D eigenvalue weighted by Gasteiger charge is -2.09. The van der Waals surface area contributed by atoms with Gasteiger partial charge in [-0.25, -0.2) is 13.1 Å². The summed E-state index contributed by atoms with van der Waals surface area (Å²) < 4.78 is 37.9. The van der Waals surface area contributed by atoms with Gasteiger partial charge in [-0.1, -0.05) is 31.5 Å². The van der Waals surface area contributed by atoms with Crippen LogP contribution < -0.4 is 14.2 Å². The summed E-state index contributed by atoms with van der Waals surface area (Å²) in [5, 5.41) is 0. The molecule has 0 saturated carbocycles. The molecular formula is C18H23NO4S. The van der Waals surface area contributed by atoms with Gasteiger partial charge in [0.1, 0.15) is 18.1 Å². The molecule has 24 heavy (non-hydrogen) atoms. The van der Waals surface area contributed by atoms with Crippen LogP contribution in [0.5, 0.6) is 11.5 Å². The number of para-hydroxylation sites is 1. The van der Waals surface area contributed by atoms with Gasteiger partial charge in [0.15, 0.2) is 0 Å². The molecule has 0 fully saturated rings. The molecule has 5 nitrogen and oxygen atoms in total. The Labute approximate surface area is 143 Å². The van der Waals surface area contributed by atoms with E-state index < -0.39 is 10.0 Å². The third kappa shape index (κ3) is 5.86. The molecule has 6 heteroatoms. The summed E-state index contributed by atoms with van der Waals surface area (Å²) in [6.07, 6.45) is 2.03. The van der Waals surface area contributed by atoms with Crippen LogP contribution in [-0.2, 0) is 10.0 Å². The zero-order valence-corrected chi connectivity index (χ0v) is 14.6. The van der Waals surface area contributed by atoms with Crippen LogP contribution in [0.4, 0.5) is 0 Å². The third-order valence-electron chi connectivity index (χ3n) is 3.31. The van der Waals surface area contributed by atoms with Crippen molar-refractivity contribution in [3.05, 3.63) is 54.6 Å². The highest BCUT2D eigenvalue weighted by atomic mass is 32.2. The van der Waals surface area contributed by atoms with Crippen LogP contribution in [0.2, 0.25) is 0 Å². The topological polar surface area (TPSA) is 64.6 Å². The summed E-state index contributed by atoms with van der Waals surface area (Å²) in [7, 11) is -3.54. The number of ether oxygens (including phenoxy) is 2. The van der Waals surface area contributed by atoms with Crippen molar-refractivity contribution in [2.24, 2.45) is 0 Å². The first kappa shape index (κ1) is 18.3. The van der Waals surface area contributed by atoms with Gasteiger partial charge < -0.3 is 9.47 Å². The maximum atomic E-state index is 12.2. The number of nitrogens with one attached hydrogen (secondary N) is 1. The largest absolute Gasteiger partial charge is 0.494 e. The Hall–Kier alpha value is -2.05. The molecule has 0 radical (unpaired) electrons. The Morgan fingerprint density at radius 1 is 0.875 bits per heavy atom. The highest BCUT2D eigenvalue weighted by Crippen LogP contribution is 2.16. The molecule has 0 aromatic heterocycles. The first-order valence-corrected chi connectivity index (χ1v) is 9.50. The predicted octanol–water partition coefficient (Wildman–Crippen LogP) is 3.22. The molecule has 0 aliphatic carbocycles. The van der Waals surface area contributed by atoms with Crippen molar-refractivity contribution >= 4 is 10.0 Å². The monoisotopic (exact) mass is 349 g/mol. The molecule has 2 aromatic rings. The van der Waals surface area contributed by atoms with Crippen LogP contribution in [0.25, 0.3) is 0 Å². The molecule has 0 heterocycles. The minimum Gasteiger partial charge on any atom is -0.494 e.